The van der Waals surface area contributed by atoms with Crippen molar-refractivity contribution in [2.24, 2.45) is 0 Å². The molecule has 2 aromatic carbocycles. The van der Waals surface area contributed by atoms with Gasteiger partial charge in [0, 0.05) is 16.6 Å². The molecule has 6 heteroatoms. The average molecular weight is 367 g/mol. The van der Waals surface area contributed by atoms with Crippen LogP contribution in [0.4, 0.5) is 4.39 Å². The number of aromatic amines is 1. The Hall–Kier alpha value is -1.66. The zero-order valence-electron chi connectivity index (χ0n) is 11.4. The Bertz CT molecular complexity index is 901. The van der Waals surface area contributed by atoms with Gasteiger partial charge in [0.15, 0.2) is 16.3 Å². The predicted octanol–water partition coefficient (Wildman–Crippen LogP) is 4.91. The topological polar surface area (TPSA) is 29.9 Å². The molecule has 0 aliphatic heterocycles. The average Bonchev–Trinajstić information content (AvgIpc) is 2.73. The highest BCUT2D eigenvalue weighted by Crippen LogP contribution is 2.28. The quantitative estimate of drug-likeness (QED) is 0.653. The molecule has 0 radical (unpaired) electrons. The van der Waals surface area contributed by atoms with Crippen molar-refractivity contribution in [1.82, 2.24) is 9.55 Å². The Morgan fingerprint density at radius 1 is 1.29 bits per heavy atom. The van der Waals surface area contributed by atoms with Crippen LogP contribution in [0.3, 0.4) is 0 Å². The summed E-state index contributed by atoms with van der Waals surface area (Å²) in [6.45, 7) is 2.00. The number of nitrogens with zero attached hydrogens (tertiary/aromatic N) is 1. The number of rotatable bonds is 2. The molecule has 1 N–H and O–H groups in total. The zero-order valence-corrected chi connectivity index (χ0v) is 13.8. The molecule has 0 atom stereocenters. The molecular formula is C15H12BrFN2OS. The van der Waals surface area contributed by atoms with Crippen LogP contribution in [0.25, 0.3) is 16.7 Å². The molecule has 21 heavy (non-hydrogen) atoms. The Morgan fingerprint density at radius 3 is 2.71 bits per heavy atom. The number of aromatic nitrogens is 2. The molecule has 0 saturated heterocycles. The maximum absolute atomic E-state index is 13.8. The molecule has 0 spiro atoms. The van der Waals surface area contributed by atoms with E-state index in [2.05, 4.69) is 20.9 Å². The van der Waals surface area contributed by atoms with Crippen molar-refractivity contribution in [2.75, 3.05) is 7.11 Å². The van der Waals surface area contributed by atoms with Gasteiger partial charge in [-0.3, -0.25) is 4.57 Å². The number of benzene rings is 2. The number of ether oxygens (including phenoxy) is 1. The summed E-state index contributed by atoms with van der Waals surface area (Å²) in [4.78, 5) is 3.03. The van der Waals surface area contributed by atoms with Gasteiger partial charge in [0.05, 0.1) is 23.8 Å². The van der Waals surface area contributed by atoms with Gasteiger partial charge in [-0.25, -0.2) is 4.39 Å². The molecule has 0 aliphatic rings. The lowest BCUT2D eigenvalue weighted by Gasteiger charge is -2.10. The van der Waals surface area contributed by atoms with E-state index in [-0.39, 0.29) is 5.75 Å². The van der Waals surface area contributed by atoms with Crippen molar-refractivity contribution in [3.8, 4) is 11.4 Å². The van der Waals surface area contributed by atoms with Crippen LogP contribution in [-0.2, 0) is 0 Å². The molecule has 0 saturated carbocycles. The van der Waals surface area contributed by atoms with Crippen molar-refractivity contribution in [2.45, 2.75) is 6.92 Å². The van der Waals surface area contributed by atoms with E-state index < -0.39 is 5.82 Å². The number of H-pyrrole nitrogens is 1. The Labute approximate surface area is 134 Å². The molecule has 0 fully saturated rings. The highest BCUT2D eigenvalue weighted by Gasteiger charge is 2.13. The second-order valence-electron chi connectivity index (χ2n) is 4.70. The molecule has 1 aromatic heterocycles. The summed E-state index contributed by atoms with van der Waals surface area (Å²) in [5.74, 6) is -0.221. The van der Waals surface area contributed by atoms with Crippen LogP contribution in [0, 0.1) is 17.5 Å². The van der Waals surface area contributed by atoms with E-state index in [0.717, 1.165) is 21.2 Å². The first-order valence-corrected chi connectivity index (χ1v) is 7.46. The van der Waals surface area contributed by atoms with Gasteiger partial charge in [0.25, 0.3) is 0 Å². The van der Waals surface area contributed by atoms with Crippen molar-refractivity contribution in [3.05, 3.63) is 51.0 Å². The minimum atomic E-state index is -0.416. The predicted molar refractivity (Wildman–Crippen MR) is 87.4 cm³/mol. The van der Waals surface area contributed by atoms with Gasteiger partial charge in [0.2, 0.25) is 0 Å². The highest BCUT2D eigenvalue weighted by atomic mass is 79.9. The lowest BCUT2D eigenvalue weighted by atomic mass is 10.2. The van der Waals surface area contributed by atoms with Crippen molar-refractivity contribution >= 4 is 39.2 Å². The van der Waals surface area contributed by atoms with E-state index in [1.165, 1.54) is 13.2 Å². The Balaban J connectivity index is 2.36. The third-order valence-corrected chi connectivity index (χ3v) is 4.13. The first-order chi connectivity index (χ1) is 10.0. The Kier molecular flexibility index (Phi) is 3.59. The van der Waals surface area contributed by atoms with Crippen LogP contribution in [-0.4, -0.2) is 16.7 Å². The van der Waals surface area contributed by atoms with Gasteiger partial charge in [-0.05, 0) is 42.9 Å². The molecule has 1 heterocycles. The SMILES string of the molecule is COc1cc2c(cc1F)[nH]c(=S)n2-c1ccc(Br)cc1C. The largest absolute Gasteiger partial charge is 0.494 e. The zero-order chi connectivity index (χ0) is 15.1. The van der Waals surface area contributed by atoms with Gasteiger partial charge >= 0.3 is 0 Å². The number of imidazole rings is 1. The fraction of sp³-hybridized carbons (Fsp3) is 0.133. The number of halogens is 2. The lowest BCUT2D eigenvalue weighted by molar-refractivity contribution is 0.387. The van der Waals surface area contributed by atoms with E-state index >= 15 is 0 Å². The summed E-state index contributed by atoms with van der Waals surface area (Å²) in [6.07, 6.45) is 0. The van der Waals surface area contributed by atoms with E-state index in [1.807, 2.05) is 29.7 Å². The summed E-state index contributed by atoms with van der Waals surface area (Å²) in [5, 5.41) is 0. The lowest BCUT2D eigenvalue weighted by Crippen LogP contribution is -1.97. The van der Waals surface area contributed by atoms with Crippen molar-refractivity contribution in [3.63, 3.8) is 0 Å². The number of methoxy groups -OCH3 is 1. The van der Waals surface area contributed by atoms with E-state index in [1.54, 1.807) is 6.07 Å². The van der Waals surface area contributed by atoms with Crippen LogP contribution in [0.15, 0.2) is 34.8 Å². The smallest absolute Gasteiger partial charge is 0.182 e. The fourth-order valence-corrected chi connectivity index (χ4v) is 3.16. The third-order valence-electron chi connectivity index (χ3n) is 3.36. The van der Waals surface area contributed by atoms with Crippen LogP contribution < -0.4 is 4.74 Å². The molecule has 0 amide bonds. The van der Waals surface area contributed by atoms with Crippen molar-refractivity contribution in [1.29, 1.82) is 0 Å². The van der Waals surface area contributed by atoms with E-state index in [4.69, 9.17) is 17.0 Å². The molecule has 3 rings (SSSR count). The highest BCUT2D eigenvalue weighted by molar-refractivity contribution is 9.10. The molecule has 3 nitrogen and oxygen atoms in total. The van der Waals surface area contributed by atoms with E-state index in [0.29, 0.717) is 10.3 Å². The standard InChI is InChI=1S/C15H12BrFN2OS/c1-8-5-9(16)3-4-12(8)19-13-7-14(20-2)10(17)6-11(13)18-15(19)21/h3-7H,1-2H3,(H,18,21). The summed E-state index contributed by atoms with van der Waals surface area (Å²) < 4.78 is 22.3. The number of hydrogen-bond acceptors (Lipinski definition) is 2. The van der Waals surface area contributed by atoms with Crippen LogP contribution in [0.5, 0.6) is 5.75 Å². The van der Waals surface area contributed by atoms with Crippen molar-refractivity contribution < 1.29 is 9.13 Å². The first-order valence-electron chi connectivity index (χ1n) is 6.26. The minimum absolute atomic E-state index is 0.194. The monoisotopic (exact) mass is 366 g/mol. The number of fused-ring (bicyclic) bond motifs is 1. The minimum Gasteiger partial charge on any atom is -0.494 e. The normalized spacial score (nSPS) is 11.0. The second-order valence-corrected chi connectivity index (χ2v) is 6.00. The number of aryl methyl sites for hydroxylation is 1. The van der Waals surface area contributed by atoms with Gasteiger partial charge in [0.1, 0.15) is 0 Å². The number of nitrogens with one attached hydrogen (secondary N) is 1. The summed E-state index contributed by atoms with van der Waals surface area (Å²) in [6, 6.07) is 8.98. The van der Waals surface area contributed by atoms with Gasteiger partial charge < -0.3 is 9.72 Å². The summed E-state index contributed by atoms with van der Waals surface area (Å²) in [5.41, 5.74) is 3.43. The Morgan fingerprint density at radius 2 is 2.05 bits per heavy atom. The maximum atomic E-state index is 13.8. The maximum Gasteiger partial charge on any atom is 0.182 e. The van der Waals surface area contributed by atoms with Crippen LogP contribution in [0.2, 0.25) is 0 Å². The first kappa shape index (κ1) is 14.3. The van der Waals surface area contributed by atoms with Gasteiger partial charge in [-0.1, -0.05) is 15.9 Å². The molecule has 108 valence electrons. The van der Waals surface area contributed by atoms with E-state index in [9.17, 15) is 4.39 Å². The fourth-order valence-electron chi connectivity index (χ4n) is 2.37. The molecule has 0 aliphatic carbocycles. The summed E-state index contributed by atoms with van der Waals surface area (Å²) in [7, 11) is 1.45. The molecule has 3 aromatic rings. The molecule has 0 bridgehead atoms. The molecule has 0 unspecified atom stereocenters. The van der Waals surface area contributed by atoms with Crippen LogP contribution >= 0.6 is 28.1 Å². The second kappa shape index (κ2) is 5.27. The van der Waals surface area contributed by atoms with Gasteiger partial charge in [-0.2, -0.15) is 0 Å². The number of hydrogen-bond donors (Lipinski definition) is 1. The molecular weight excluding hydrogens is 355 g/mol. The summed E-state index contributed by atoms with van der Waals surface area (Å²) >= 11 is 8.83. The van der Waals surface area contributed by atoms with Crippen LogP contribution in [0.1, 0.15) is 5.56 Å². The third kappa shape index (κ3) is 2.38. The van der Waals surface area contributed by atoms with Gasteiger partial charge in [-0.15, -0.1) is 0 Å².